The van der Waals surface area contributed by atoms with Gasteiger partial charge in [0.25, 0.3) is 5.91 Å². The lowest BCUT2D eigenvalue weighted by molar-refractivity contribution is -0.137. The van der Waals surface area contributed by atoms with Crippen LogP contribution >= 0.6 is 11.6 Å². The van der Waals surface area contributed by atoms with Crippen molar-refractivity contribution in [3.05, 3.63) is 101 Å². The van der Waals surface area contributed by atoms with Crippen LogP contribution in [0.5, 0.6) is 0 Å². The smallest absolute Gasteiger partial charge is 0.418 e. The van der Waals surface area contributed by atoms with Gasteiger partial charge in [-0.2, -0.15) is 13.2 Å². The summed E-state index contributed by atoms with van der Waals surface area (Å²) in [6.45, 7) is 0.421. The molecule has 1 unspecified atom stereocenters. The van der Waals surface area contributed by atoms with Crippen molar-refractivity contribution in [2.24, 2.45) is 0 Å². The van der Waals surface area contributed by atoms with Gasteiger partial charge in [-0.15, -0.1) is 11.6 Å². The Hall–Kier alpha value is -2.99. The number of hydrogen-bond donors (Lipinski definition) is 1. The number of alkyl halides is 4. The number of anilines is 1. The molecule has 156 valence electrons. The van der Waals surface area contributed by atoms with E-state index in [4.69, 9.17) is 16.3 Å². The molecule has 0 spiro atoms. The average Bonchev–Trinajstić information content (AvgIpc) is 2.90. The van der Waals surface area contributed by atoms with Gasteiger partial charge in [-0.05, 0) is 42.0 Å². The molecule has 0 aromatic heterocycles. The topological polar surface area (TPSA) is 38.3 Å². The average molecular weight is 434 g/mol. The highest BCUT2D eigenvalue weighted by Gasteiger charge is 2.33. The molecule has 0 radical (unpaired) electrons. The number of para-hydroxylation sites is 1. The molecule has 1 aliphatic carbocycles. The van der Waals surface area contributed by atoms with Crippen molar-refractivity contribution in [3.63, 3.8) is 0 Å². The Balaban J connectivity index is 1.64. The maximum atomic E-state index is 13.1. The van der Waals surface area contributed by atoms with E-state index in [-0.39, 0.29) is 11.3 Å². The number of rotatable bonds is 6. The molecule has 2 aromatic carbocycles. The number of amides is 1. The molecular weight excluding hydrogens is 415 g/mol. The minimum atomic E-state index is -4.58. The van der Waals surface area contributed by atoms with Crippen molar-refractivity contribution in [3.8, 4) is 0 Å². The molecule has 0 saturated carbocycles. The predicted molar refractivity (Wildman–Crippen MR) is 111 cm³/mol. The maximum absolute atomic E-state index is 13.1. The van der Waals surface area contributed by atoms with Crippen molar-refractivity contribution in [2.75, 3.05) is 11.9 Å². The van der Waals surface area contributed by atoms with E-state index in [2.05, 4.69) is 5.32 Å². The van der Waals surface area contributed by atoms with E-state index in [1.807, 2.05) is 30.3 Å². The second-order valence-electron chi connectivity index (χ2n) is 6.55. The Morgan fingerprint density at radius 3 is 2.43 bits per heavy atom. The van der Waals surface area contributed by atoms with E-state index in [1.54, 1.807) is 12.2 Å². The molecule has 0 heterocycles. The first-order valence-electron chi connectivity index (χ1n) is 9.23. The zero-order valence-corrected chi connectivity index (χ0v) is 16.6. The van der Waals surface area contributed by atoms with Gasteiger partial charge in [0, 0.05) is 12.0 Å². The molecule has 0 saturated heterocycles. The third kappa shape index (κ3) is 6.00. The van der Waals surface area contributed by atoms with Gasteiger partial charge in [0.2, 0.25) is 0 Å². The van der Waals surface area contributed by atoms with Crippen LogP contribution in [-0.2, 0) is 22.1 Å². The van der Waals surface area contributed by atoms with E-state index >= 15 is 0 Å². The lowest BCUT2D eigenvalue weighted by atomic mass is 10.1. The van der Waals surface area contributed by atoms with Gasteiger partial charge >= 0.3 is 6.18 Å². The third-order valence-electron chi connectivity index (χ3n) is 4.33. The standard InChI is InChI=1S/C23H19ClF3NO2/c24-18-14-17(22(29)28-21-9-5-4-8-20(21)23(25,26)27)10-11-19(15-18)30-13-12-16-6-2-1-3-7-16/h1-11,14-15,18H,12-13H2,(H,28,29). The molecule has 1 atom stereocenters. The van der Waals surface area contributed by atoms with Crippen LogP contribution in [0.2, 0.25) is 0 Å². The van der Waals surface area contributed by atoms with E-state index in [0.717, 1.165) is 11.6 Å². The zero-order valence-electron chi connectivity index (χ0n) is 15.8. The molecule has 0 aliphatic heterocycles. The van der Waals surface area contributed by atoms with Crippen LogP contribution in [0.3, 0.4) is 0 Å². The highest BCUT2D eigenvalue weighted by atomic mass is 35.5. The van der Waals surface area contributed by atoms with E-state index in [9.17, 15) is 18.0 Å². The number of ether oxygens (including phenoxy) is 1. The van der Waals surface area contributed by atoms with Gasteiger partial charge < -0.3 is 10.1 Å². The summed E-state index contributed by atoms with van der Waals surface area (Å²) in [6.07, 6.45) is 2.27. The monoisotopic (exact) mass is 433 g/mol. The first-order valence-corrected chi connectivity index (χ1v) is 9.66. The van der Waals surface area contributed by atoms with Crippen LogP contribution in [0.4, 0.5) is 18.9 Å². The number of carbonyl (C=O) groups is 1. The van der Waals surface area contributed by atoms with Gasteiger partial charge in [-0.3, -0.25) is 4.79 Å². The summed E-state index contributed by atoms with van der Waals surface area (Å²) in [5.74, 6) is -0.201. The van der Waals surface area contributed by atoms with Gasteiger partial charge in [0.05, 0.1) is 23.2 Å². The van der Waals surface area contributed by atoms with Crippen LogP contribution in [0.1, 0.15) is 11.1 Å². The highest BCUT2D eigenvalue weighted by molar-refractivity contribution is 6.23. The second-order valence-corrected chi connectivity index (χ2v) is 7.05. The Labute approximate surface area is 177 Å². The van der Waals surface area contributed by atoms with Gasteiger partial charge in [-0.1, -0.05) is 42.5 Å². The van der Waals surface area contributed by atoms with Crippen LogP contribution in [-0.4, -0.2) is 17.9 Å². The van der Waals surface area contributed by atoms with Crippen molar-refractivity contribution >= 4 is 23.2 Å². The number of nitrogens with one attached hydrogen (secondary N) is 1. The van der Waals surface area contributed by atoms with Crippen LogP contribution in [0, 0.1) is 0 Å². The number of allylic oxidation sites excluding steroid dienone is 3. The molecule has 3 rings (SSSR count). The summed E-state index contributed by atoms with van der Waals surface area (Å²) in [5, 5.41) is 1.67. The first kappa shape index (κ1) is 21.7. The van der Waals surface area contributed by atoms with Gasteiger partial charge in [0.1, 0.15) is 5.76 Å². The fourth-order valence-electron chi connectivity index (χ4n) is 2.87. The Kier molecular flexibility index (Phi) is 7.00. The minimum absolute atomic E-state index is 0.143. The van der Waals surface area contributed by atoms with Crippen molar-refractivity contribution in [1.29, 1.82) is 0 Å². The molecule has 7 heteroatoms. The molecule has 0 bridgehead atoms. The number of halogens is 4. The molecule has 3 nitrogen and oxygen atoms in total. The van der Waals surface area contributed by atoms with Gasteiger partial charge in [0.15, 0.2) is 0 Å². The maximum Gasteiger partial charge on any atom is 0.418 e. The highest BCUT2D eigenvalue weighted by Crippen LogP contribution is 2.34. The summed E-state index contributed by atoms with van der Waals surface area (Å²) in [6, 6.07) is 14.6. The Morgan fingerprint density at radius 2 is 1.70 bits per heavy atom. The Bertz CT molecular complexity index is 981. The SMILES string of the molecule is O=C(Nc1ccccc1C(F)(F)F)C1=CC(Cl)C=C(OCCc2ccccc2)C=C1. The third-order valence-corrected chi connectivity index (χ3v) is 4.59. The molecule has 1 aliphatic rings. The minimum Gasteiger partial charge on any atom is -0.494 e. The summed E-state index contributed by atoms with van der Waals surface area (Å²) in [5.41, 5.74) is 0.0403. The lowest BCUT2D eigenvalue weighted by Gasteiger charge is -2.13. The van der Waals surface area contributed by atoms with Crippen LogP contribution < -0.4 is 5.32 Å². The second kappa shape index (κ2) is 9.67. The number of benzene rings is 2. The first-order chi connectivity index (χ1) is 14.3. The molecule has 2 aromatic rings. The fraction of sp³-hybridized carbons (Fsp3) is 0.174. The van der Waals surface area contributed by atoms with Gasteiger partial charge in [-0.25, -0.2) is 0 Å². The van der Waals surface area contributed by atoms with Crippen molar-refractivity contribution < 1.29 is 22.7 Å². The molecule has 1 amide bonds. The van der Waals surface area contributed by atoms with Crippen molar-refractivity contribution in [1.82, 2.24) is 0 Å². The van der Waals surface area contributed by atoms with E-state index in [0.29, 0.717) is 18.8 Å². The molecule has 1 N–H and O–H groups in total. The normalized spacial score (nSPS) is 16.3. The summed E-state index contributed by atoms with van der Waals surface area (Å²) in [4.78, 5) is 12.5. The predicted octanol–water partition coefficient (Wildman–Crippen LogP) is 5.89. The molecule has 30 heavy (non-hydrogen) atoms. The number of hydrogen-bond acceptors (Lipinski definition) is 2. The summed E-state index contributed by atoms with van der Waals surface area (Å²) < 4.78 is 45.1. The quantitative estimate of drug-likeness (QED) is 0.577. The number of carbonyl (C=O) groups excluding carboxylic acids is 1. The Morgan fingerprint density at radius 1 is 1.00 bits per heavy atom. The van der Waals surface area contributed by atoms with Crippen molar-refractivity contribution in [2.45, 2.75) is 18.0 Å². The zero-order chi connectivity index (χ0) is 21.6. The van der Waals surface area contributed by atoms with E-state index in [1.165, 1.54) is 30.4 Å². The molecular formula is C23H19ClF3NO2. The largest absolute Gasteiger partial charge is 0.494 e. The molecule has 0 fully saturated rings. The lowest BCUT2D eigenvalue weighted by Crippen LogP contribution is -2.18. The van der Waals surface area contributed by atoms with Crippen LogP contribution in [0.15, 0.2) is 90.2 Å². The van der Waals surface area contributed by atoms with Crippen LogP contribution in [0.25, 0.3) is 0 Å². The van der Waals surface area contributed by atoms with E-state index < -0.39 is 23.0 Å². The fourth-order valence-corrected chi connectivity index (χ4v) is 3.13. The summed E-state index contributed by atoms with van der Waals surface area (Å²) in [7, 11) is 0. The summed E-state index contributed by atoms with van der Waals surface area (Å²) >= 11 is 6.22.